The summed E-state index contributed by atoms with van der Waals surface area (Å²) in [7, 11) is 1.81. The van der Waals surface area contributed by atoms with Gasteiger partial charge in [0.2, 0.25) is 0 Å². The van der Waals surface area contributed by atoms with Gasteiger partial charge >= 0.3 is 6.01 Å². The Labute approximate surface area is 263 Å². The fourth-order valence-corrected chi connectivity index (χ4v) is 6.52. The van der Waals surface area contributed by atoms with Gasteiger partial charge in [-0.25, -0.2) is 13.2 Å². The smallest absolute Gasteiger partial charge is 0.319 e. The first-order valence-electron chi connectivity index (χ1n) is 14.6. The fourth-order valence-electron chi connectivity index (χ4n) is 6.24. The van der Waals surface area contributed by atoms with Crippen molar-refractivity contribution in [1.82, 2.24) is 24.8 Å². The van der Waals surface area contributed by atoms with Crippen LogP contribution >= 0.6 is 11.6 Å². The number of alkyl halides is 1. The van der Waals surface area contributed by atoms with E-state index in [1.54, 1.807) is 18.2 Å². The Kier molecular flexibility index (Phi) is 8.79. The number of nitriles is 1. The molecule has 2 saturated heterocycles. The van der Waals surface area contributed by atoms with Crippen molar-refractivity contribution in [2.75, 3.05) is 44.7 Å². The Hall–Kier alpha value is -4.02. The number of likely N-dealkylation sites (N-methyl/N-ethyl adjacent to an activating group) is 1. The second-order valence-corrected chi connectivity index (χ2v) is 11.8. The Morgan fingerprint density at radius 2 is 1.98 bits per heavy atom. The van der Waals surface area contributed by atoms with E-state index in [1.165, 1.54) is 11.1 Å². The Bertz CT molecular complexity index is 1800. The van der Waals surface area contributed by atoms with E-state index < -0.39 is 30.1 Å². The van der Waals surface area contributed by atoms with Gasteiger partial charge in [0, 0.05) is 60.4 Å². The molecule has 234 valence electrons. The molecule has 45 heavy (non-hydrogen) atoms. The lowest BCUT2D eigenvalue weighted by Gasteiger charge is -2.43. The number of fused-ring (bicyclic) bond motifs is 2. The standard InChI is InChI=1S/C32H31ClF3N7O2/c1-18(34)31(44)43-12-11-42(16-21(43)9-10-37)30-24-14-38-28(23-7-3-5-19-6-4-8-25(33)26(19)23)27(36)29(24)39-32(40-30)45-17-22-13-20(35)15-41(22)2/h3-8,14,20-22,31,44H,1,9,11-13,15-17H2,2H3/t20-,21+,22+,31?/m1/s1. The van der Waals surface area contributed by atoms with E-state index in [9.17, 15) is 19.1 Å². The van der Waals surface area contributed by atoms with Gasteiger partial charge in [-0.2, -0.15) is 15.2 Å². The highest BCUT2D eigenvalue weighted by molar-refractivity contribution is 6.36. The first-order chi connectivity index (χ1) is 21.7. The Morgan fingerprint density at radius 3 is 2.69 bits per heavy atom. The summed E-state index contributed by atoms with van der Waals surface area (Å²) in [6, 6.07) is 12.0. The number of aromatic nitrogens is 3. The quantitative estimate of drug-likeness (QED) is 0.277. The highest BCUT2D eigenvalue weighted by atomic mass is 35.5. The van der Waals surface area contributed by atoms with Crippen LogP contribution in [0.1, 0.15) is 12.8 Å². The monoisotopic (exact) mass is 637 g/mol. The maximum absolute atomic E-state index is 16.6. The van der Waals surface area contributed by atoms with Crippen LogP contribution in [0.25, 0.3) is 32.9 Å². The molecule has 2 aliphatic rings. The van der Waals surface area contributed by atoms with E-state index in [2.05, 4.69) is 27.6 Å². The maximum atomic E-state index is 16.6. The number of rotatable bonds is 8. The van der Waals surface area contributed by atoms with Crippen LogP contribution in [-0.2, 0) is 0 Å². The van der Waals surface area contributed by atoms with Crippen LogP contribution in [0.2, 0.25) is 5.02 Å². The number of aliphatic hydroxyl groups excluding tert-OH is 1. The largest absolute Gasteiger partial charge is 0.462 e. The zero-order valence-electron chi connectivity index (χ0n) is 24.5. The summed E-state index contributed by atoms with van der Waals surface area (Å²) in [6.45, 7) is 4.19. The third kappa shape index (κ3) is 6.01. The minimum Gasteiger partial charge on any atom is -0.462 e. The van der Waals surface area contributed by atoms with Crippen LogP contribution in [0.15, 0.2) is 55.0 Å². The third-order valence-corrected chi connectivity index (χ3v) is 8.86. The number of piperazine rings is 1. The number of hydrogen-bond donors (Lipinski definition) is 1. The summed E-state index contributed by atoms with van der Waals surface area (Å²) < 4.78 is 50.5. The van der Waals surface area contributed by atoms with Crippen molar-refractivity contribution in [2.24, 2.45) is 0 Å². The summed E-state index contributed by atoms with van der Waals surface area (Å²) in [5.74, 6) is -1.32. The summed E-state index contributed by atoms with van der Waals surface area (Å²) in [4.78, 5) is 18.7. The molecular formula is C32H31ClF3N7O2. The van der Waals surface area contributed by atoms with Gasteiger partial charge in [0.15, 0.2) is 12.0 Å². The van der Waals surface area contributed by atoms with Gasteiger partial charge in [-0.05, 0) is 24.9 Å². The van der Waals surface area contributed by atoms with Crippen LogP contribution in [0.5, 0.6) is 6.01 Å². The zero-order chi connectivity index (χ0) is 31.8. The average Bonchev–Trinajstić information content (AvgIpc) is 3.36. The van der Waals surface area contributed by atoms with Gasteiger partial charge in [-0.15, -0.1) is 0 Å². The van der Waals surface area contributed by atoms with Crippen LogP contribution in [0.3, 0.4) is 0 Å². The zero-order valence-corrected chi connectivity index (χ0v) is 25.3. The molecule has 4 aromatic rings. The van der Waals surface area contributed by atoms with Crippen molar-refractivity contribution in [3.63, 3.8) is 0 Å². The predicted molar refractivity (Wildman–Crippen MR) is 166 cm³/mol. The second kappa shape index (κ2) is 12.8. The molecule has 0 aliphatic carbocycles. The molecule has 0 radical (unpaired) electrons. The van der Waals surface area contributed by atoms with E-state index in [0.717, 1.165) is 5.39 Å². The van der Waals surface area contributed by atoms with Gasteiger partial charge in [0.1, 0.15) is 35.6 Å². The average molecular weight is 638 g/mol. The Morgan fingerprint density at radius 1 is 1.20 bits per heavy atom. The van der Waals surface area contributed by atoms with Crippen LogP contribution in [-0.4, -0.2) is 94.2 Å². The highest BCUT2D eigenvalue weighted by Crippen LogP contribution is 2.38. The number of benzene rings is 2. The first kappa shape index (κ1) is 31.0. The third-order valence-electron chi connectivity index (χ3n) is 8.54. The molecule has 4 heterocycles. The van der Waals surface area contributed by atoms with Crippen molar-refractivity contribution in [2.45, 2.75) is 37.3 Å². The lowest BCUT2D eigenvalue weighted by Crippen LogP contribution is -2.57. The minimum atomic E-state index is -1.57. The van der Waals surface area contributed by atoms with Crippen LogP contribution in [0.4, 0.5) is 19.0 Å². The summed E-state index contributed by atoms with van der Waals surface area (Å²) in [6.07, 6.45) is -0.765. The SMILES string of the molecule is C=C(F)C(O)N1CCN(c2nc(OC[C@@H]3C[C@@H](F)CN3C)nc3c(F)c(-c4cccc5cccc(Cl)c45)ncc23)C[C@@H]1CC#N. The molecule has 0 saturated carbocycles. The molecule has 6 rings (SSSR count). The van der Waals surface area contributed by atoms with Gasteiger partial charge in [0.05, 0.1) is 17.9 Å². The molecule has 2 fully saturated rings. The first-order valence-corrected chi connectivity index (χ1v) is 14.9. The van der Waals surface area contributed by atoms with E-state index in [0.29, 0.717) is 33.6 Å². The van der Waals surface area contributed by atoms with Gasteiger partial charge in [0.25, 0.3) is 0 Å². The summed E-state index contributed by atoms with van der Waals surface area (Å²) in [5, 5.41) is 22.1. The number of ether oxygens (including phenoxy) is 1. The normalized spacial score (nSPS) is 21.7. The molecule has 2 aliphatic heterocycles. The molecule has 1 N–H and O–H groups in total. The van der Waals surface area contributed by atoms with E-state index in [-0.39, 0.29) is 62.5 Å². The van der Waals surface area contributed by atoms with Crippen molar-refractivity contribution >= 4 is 39.1 Å². The lowest BCUT2D eigenvalue weighted by molar-refractivity contribution is -0.0167. The minimum absolute atomic E-state index is 0.00970. The molecule has 1 unspecified atom stereocenters. The van der Waals surface area contributed by atoms with Crippen molar-refractivity contribution in [3.05, 3.63) is 65.8 Å². The van der Waals surface area contributed by atoms with Crippen LogP contribution in [0, 0.1) is 17.1 Å². The molecule has 13 heteroatoms. The number of hydrogen-bond acceptors (Lipinski definition) is 9. The predicted octanol–water partition coefficient (Wildman–Crippen LogP) is 5.26. The van der Waals surface area contributed by atoms with E-state index in [1.807, 2.05) is 35.0 Å². The van der Waals surface area contributed by atoms with Crippen molar-refractivity contribution in [3.8, 4) is 23.3 Å². The molecule has 2 aromatic heterocycles. The molecule has 9 nitrogen and oxygen atoms in total. The molecular weight excluding hydrogens is 607 g/mol. The maximum Gasteiger partial charge on any atom is 0.319 e. The second-order valence-electron chi connectivity index (χ2n) is 11.4. The number of halogens is 4. The van der Waals surface area contributed by atoms with E-state index >= 15 is 4.39 Å². The summed E-state index contributed by atoms with van der Waals surface area (Å²) >= 11 is 6.55. The molecule has 0 bridgehead atoms. The number of likely N-dealkylation sites (tertiary alicyclic amines) is 1. The fraction of sp³-hybridized carbons (Fsp3) is 0.375. The van der Waals surface area contributed by atoms with Crippen molar-refractivity contribution in [1.29, 1.82) is 5.26 Å². The van der Waals surface area contributed by atoms with Gasteiger partial charge in [-0.1, -0.05) is 48.5 Å². The van der Waals surface area contributed by atoms with Crippen LogP contribution < -0.4 is 9.64 Å². The molecule has 2 aromatic carbocycles. The van der Waals surface area contributed by atoms with Gasteiger partial charge in [-0.3, -0.25) is 14.8 Å². The lowest BCUT2D eigenvalue weighted by atomic mass is 10.0. The number of nitrogens with zero attached hydrogens (tertiary/aromatic N) is 7. The molecule has 0 amide bonds. The molecule has 4 atom stereocenters. The summed E-state index contributed by atoms with van der Waals surface area (Å²) in [5.41, 5.74) is 0.498. The Balaban J connectivity index is 1.44. The highest BCUT2D eigenvalue weighted by Gasteiger charge is 2.35. The van der Waals surface area contributed by atoms with E-state index in [4.69, 9.17) is 16.3 Å². The topological polar surface area (TPSA) is 102 Å². The number of pyridine rings is 1. The van der Waals surface area contributed by atoms with Crippen molar-refractivity contribution < 1.29 is 23.0 Å². The number of anilines is 1. The van der Waals surface area contributed by atoms with Gasteiger partial charge < -0.3 is 14.7 Å². The number of aliphatic hydroxyl groups is 1. The molecule has 0 spiro atoms.